The Morgan fingerprint density at radius 2 is 1.75 bits per heavy atom. The minimum atomic E-state index is -0.223. The summed E-state index contributed by atoms with van der Waals surface area (Å²) in [6.45, 7) is 10.5. The molecule has 0 aliphatic rings. The predicted octanol–water partition coefficient (Wildman–Crippen LogP) is 2.65. The lowest BCUT2D eigenvalue weighted by molar-refractivity contribution is -0.123. The van der Waals surface area contributed by atoms with Crippen molar-refractivity contribution >= 4 is 5.91 Å². The van der Waals surface area contributed by atoms with Crippen molar-refractivity contribution in [2.24, 2.45) is 0 Å². The van der Waals surface area contributed by atoms with Crippen molar-refractivity contribution in [1.82, 2.24) is 10.6 Å². The van der Waals surface area contributed by atoms with Crippen LogP contribution in [0.5, 0.6) is 5.75 Å². The fourth-order valence-electron chi connectivity index (χ4n) is 1.98. The van der Waals surface area contributed by atoms with Gasteiger partial charge >= 0.3 is 0 Å². The predicted molar refractivity (Wildman–Crippen MR) is 81.9 cm³/mol. The first kappa shape index (κ1) is 16.5. The van der Waals surface area contributed by atoms with Gasteiger partial charge in [-0.25, -0.2) is 0 Å². The Hall–Kier alpha value is -1.55. The fraction of sp³-hybridized carbons (Fsp3) is 0.562. The SMILES string of the molecule is CCOc1ccc(C(C)NC(C)C(=O)NC(C)C)cc1. The molecule has 1 rings (SSSR count). The molecule has 2 N–H and O–H groups in total. The van der Waals surface area contributed by atoms with Gasteiger partial charge in [-0.2, -0.15) is 0 Å². The van der Waals surface area contributed by atoms with Gasteiger partial charge in [-0.1, -0.05) is 12.1 Å². The minimum Gasteiger partial charge on any atom is -0.494 e. The summed E-state index contributed by atoms with van der Waals surface area (Å²) in [7, 11) is 0. The second-order valence-corrected chi connectivity index (χ2v) is 5.28. The van der Waals surface area contributed by atoms with Crippen molar-refractivity contribution in [3.8, 4) is 5.75 Å². The molecule has 2 unspecified atom stereocenters. The average molecular weight is 278 g/mol. The number of benzene rings is 1. The maximum absolute atomic E-state index is 11.9. The summed E-state index contributed by atoms with van der Waals surface area (Å²) in [6, 6.07) is 8.00. The number of carbonyl (C=O) groups is 1. The van der Waals surface area contributed by atoms with Crippen LogP contribution in [-0.2, 0) is 4.79 Å². The maximum Gasteiger partial charge on any atom is 0.237 e. The Morgan fingerprint density at radius 3 is 2.25 bits per heavy atom. The Kier molecular flexibility index (Phi) is 6.52. The first-order chi connectivity index (χ1) is 9.43. The Labute approximate surface area is 121 Å². The van der Waals surface area contributed by atoms with E-state index in [1.807, 2.05) is 52.0 Å². The first-order valence-electron chi connectivity index (χ1n) is 7.23. The summed E-state index contributed by atoms with van der Waals surface area (Å²) in [5.41, 5.74) is 1.14. The second kappa shape index (κ2) is 7.90. The average Bonchev–Trinajstić information content (AvgIpc) is 2.39. The lowest BCUT2D eigenvalue weighted by Gasteiger charge is -2.21. The molecule has 0 aliphatic heterocycles. The molecule has 2 atom stereocenters. The van der Waals surface area contributed by atoms with E-state index in [9.17, 15) is 4.79 Å². The molecule has 0 saturated heterocycles. The standard InChI is InChI=1S/C16H26N2O2/c1-6-20-15-9-7-14(8-10-15)12(4)18-13(5)16(19)17-11(2)3/h7-13,18H,6H2,1-5H3,(H,17,19). The van der Waals surface area contributed by atoms with Crippen LogP contribution in [0.3, 0.4) is 0 Å². The third kappa shape index (κ3) is 5.21. The highest BCUT2D eigenvalue weighted by atomic mass is 16.5. The number of nitrogens with one attached hydrogen (secondary N) is 2. The number of hydrogen-bond acceptors (Lipinski definition) is 3. The molecule has 0 bridgehead atoms. The van der Waals surface area contributed by atoms with Gasteiger partial charge in [0.05, 0.1) is 12.6 Å². The van der Waals surface area contributed by atoms with E-state index in [0.29, 0.717) is 6.61 Å². The molecule has 0 heterocycles. The molecule has 0 spiro atoms. The normalized spacial score (nSPS) is 13.9. The van der Waals surface area contributed by atoms with Crippen LogP contribution < -0.4 is 15.4 Å². The van der Waals surface area contributed by atoms with E-state index < -0.39 is 0 Å². The Balaban J connectivity index is 2.57. The Morgan fingerprint density at radius 1 is 1.15 bits per heavy atom. The quantitative estimate of drug-likeness (QED) is 0.806. The lowest BCUT2D eigenvalue weighted by atomic mass is 10.1. The molecular weight excluding hydrogens is 252 g/mol. The monoisotopic (exact) mass is 278 g/mol. The van der Waals surface area contributed by atoms with Gasteiger partial charge in [-0.05, 0) is 52.3 Å². The molecule has 112 valence electrons. The molecule has 1 aromatic carbocycles. The highest BCUT2D eigenvalue weighted by Crippen LogP contribution is 2.18. The molecule has 4 heteroatoms. The molecule has 0 aliphatic carbocycles. The van der Waals surface area contributed by atoms with Gasteiger partial charge in [-0.15, -0.1) is 0 Å². The summed E-state index contributed by atoms with van der Waals surface area (Å²) < 4.78 is 5.42. The van der Waals surface area contributed by atoms with Crippen LogP contribution in [0.15, 0.2) is 24.3 Å². The zero-order valence-electron chi connectivity index (χ0n) is 13.1. The van der Waals surface area contributed by atoms with Gasteiger partial charge < -0.3 is 10.1 Å². The zero-order valence-corrected chi connectivity index (χ0v) is 13.1. The molecule has 1 amide bonds. The zero-order chi connectivity index (χ0) is 15.1. The minimum absolute atomic E-state index is 0.0257. The summed E-state index contributed by atoms with van der Waals surface area (Å²) >= 11 is 0. The van der Waals surface area contributed by atoms with Crippen LogP contribution in [0.25, 0.3) is 0 Å². The third-order valence-corrected chi connectivity index (χ3v) is 3.02. The van der Waals surface area contributed by atoms with Gasteiger partial charge in [0.2, 0.25) is 5.91 Å². The van der Waals surface area contributed by atoms with Crippen molar-refractivity contribution in [1.29, 1.82) is 0 Å². The largest absolute Gasteiger partial charge is 0.494 e. The second-order valence-electron chi connectivity index (χ2n) is 5.28. The van der Waals surface area contributed by atoms with E-state index in [1.54, 1.807) is 0 Å². The van der Waals surface area contributed by atoms with Crippen LogP contribution in [0, 0.1) is 0 Å². The van der Waals surface area contributed by atoms with Crippen molar-refractivity contribution < 1.29 is 9.53 Å². The molecule has 0 aromatic heterocycles. The molecule has 4 nitrogen and oxygen atoms in total. The summed E-state index contributed by atoms with van der Waals surface area (Å²) in [5.74, 6) is 0.895. The fourth-order valence-corrected chi connectivity index (χ4v) is 1.98. The number of ether oxygens (including phenoxy) is 1. The van der Waals surface area contributed by atoms with Crippen molar-refractivity contribution in [2.45, 2.75) is 52.7 Å². The molecule has 0 saturated carbocycles. The number of rotatable bonds is 7. The van der Waals surface area contributed by atoms with Gasteiger partial charge in [0, 0.05) is 12.1 Å². The van der Waals surface area contributed by atoms with E-state index in [0.717, 1.165) is 11.3 Å². The van der Waals surface area contributed by atoms with E-state index in [4.69, 9.17) is 4.74 Å². The summed E-state index contributed by atoms with van der Waals surface area (Å²) in [5, 5.41) is 6.20. The third-order valence-electron chi connectivity index (χ3n) is 3.02. The molecule has 20 heavy (non-hydrogen) atoms. The van der Waals surface area contributed by atoms with Crippen LogP contribution >= 0.6 is 0 Å². The van der Waals surface area contributed by atoms with Crippen molar-refractivity contribution in [3.05, 3.63) is 29.8 Å². The van der Waals surface area contributed by atoms with E-state index >= 15 is 0 Å². The highest BCUT2D eigenvalue weighted by Gasteiger charge is 2.16. The van der Waals surface area contributed by atoms with Gasteiger partial charge in [0.1, 0.15) is 5.75 Å². The van der Waals surface area contributed by atoms with E-state index in [2.05, 4.69) is 17.6 Å². The number of carbonyl (C=O) groups excluding carboxylic acids is 1. The van der Waals surface area contributed by atoms with Gasteiger partial charge in [0.25, 0.3) is 0 Å². The van der Waals surface area contributed by atoms with Gasteiger partial charge in [-0.3, -0.25) is 10.1 Å². The first-order valence-corrected chi connectivity index (χ1v) is 7.23. The van der Waals surface area contributed by atoms with Crippen molar-refractivity contribution in [3.63, 3.8) is 0 Å². The van der Waals surface area contributed by atoms with E-state index in [-0.39, 0.29) is 24.0 Å². The van der Waals surface area contributed by atoms with Crippen LogP contribution in [-0.4, -0.2) is 24.6 Å². The summed E-state index contributed by atoms with van der Waals surface area (Å²) in [6.07, 6.45) is 0. The molecule has 1 aromatic rings. The van der Waals surface area contributed by atoms with Gasteiger partial charge in [0.15, 0.2) is 0 Å². The summed E-state index contributed by atoms with van der Waals surface area (Å²) in [4.78, 5) is 11.9. The topological polar surface area (TPSA) is 50.4 Å². The molecular formula is C16H26N2O2. The smallest absolute Gasteiger partial charge is 0.237 e. The Bertz CT molecular complexity index is 415. The number of amides is 1. The van der Waals surface area contributed by atoms with Crippen molar-refractivity contribution in [2.75, 3.05) is 6.61 Å². The molecule has 0 fully saturated rings. The molecule has 0 radical (unpaired) electrons. The van der Waals surface area contributed by atoms with Crippen LogP contribution in [0.4, 0.5) is 0 Å². The van der Waals surface area contributed by atoms with Crippen LogP contribution in [0.1, 0.15) is 46.2 Å². The maximum atomic E-state index is 11.9. The number of hydrogen-bond donors (Lipinski definition) is 2. The lowest BCUT2D eigenvalue weighted by Crippen LogP contribution is -2.45. The highest BCUT2D eigenvalue weighted by molar-refractivity contribution is 5.81. The van der Waals surface area contributed by atoms with E-state index in [1.165, 1.54) is 0 Å². The van der Waals surface area contributed by atoms with Crippen LogP contribution in [0.2, 0.25) is 0 Å².